The summed E-state index contributed by atoms with van der Waals surface area (Å²) in [6.07, 6.45) is 1.64. The second kappa shape index (κ2) is 11.9. The van der Waals surface area contributed by atoms with E-state index in [-0.39, 0.29) is 36.0 Å². The second-order valence-electron chi connectivity index (χ2n) is 10.6. The minimum Gasteiger partial charge on any atom is -0.494 e. The lowest BCUT2D eigenvalue weighted by atomic mass is 9.82. The van der Waals surface area contributed by atoms with Crippen molar-refractivity contribution in [2.75, 3.05) is 6.61 Å². The Morgan fingerprint density at radius 3 is 2.38 bits per heavy atom. The third-order valence-electron chi connectivity index (χ3n) is 8.09. The first-order chi connectivity index (χ1) is 18.9. The fourth-order valence-corrected chi connectivity index (χ4v) is 5.41. The van der Waals surface area contributed by atoms with Crippen molar-refractivity contribution >= 4 is 17.8 Å². The van der Waals surface area contributed by atoms with Crippen molar-refractivity contribution in [2.45, 2.75) is 91.8 Å². The minimum absolute atomic E-state index is 0.0729. The number of carbonyl (C=O) groups excluding carboxylic acids is 2. The summed E-state index contributed by atoms with van der Waals surface area (Å²) in [4.78, 5) is 32.5. The Morgan fingerprint density at radius 2 is 1.77 bits per heavy atom. The molecule has 0 bridgehead atoms. The van der Waals surface area contributed by atoms with Crippen LogP contribution < -0.4 is 15.8 Å². The van der Waals surface area contributed by atoms with E-state index in [1.54, 1.807) is 36.4 Å². The number of hydrogen-bond acceptors (Lipinski definition) is 5. The summed E-state index contributed by atoms with van der Waals surface area (Å²) in [5, 5.41) is 2.83. The number of guanidine groups is 1. The molecule has 1 heterocycles. The Kier molecular flexibility index (Phi) is 9.27. The van der Waals surface area contributed by atoms with E-state index in [1.807, 2.05) is 34.6 Å². The number of amides is 2. The maximum Gasteiger partial charge on any atom is 0.280 e. The van der Waals surface area contributed by atoms with Gasteiger partial charge in [-0.1, -0.05) is 65.8 Å². The van der Waals surface area contributed by atoms with E-state index in [4.69, 9.17) is 10.5 Å². The van der Waals surface area contributed by atoms with Gasteiger partial charge in [0.05, 0.1) is 36.6 Å². The molecule has 0 saturated heterocycles. The number of aliphatic imine (C=N–C) groups is 1. The molecule has 2 aromatic carbocycles. The molecule has 1 aliphatic carbocycles. The highest BCUT2D eigenvalue weighted by Crippen LogP contribution is 2.59. The summed E-state index contributed by atoms with van der Waals surface area (Å²) >= 11 is 0. The highest BCUT2D eigenvalue weighted by Gasteiger charge is 2.60. The average molecular weight is 557 g/mol. The molecule has 2 amide bonds. The van der Waals surface area contributed by atoms with Gasteiger partial charge in [0.1, 0.15) is 5.75 Å². The van der Waals surface area contributed by atoms with Crippen LogP contribution in [0, 0.1) is 5.41 Å². The molecule has 40 heavy (non-hydrogen) atoms. The van der Waals surface area contributed by atoms with Gasteiger partial charge in [0.2, 0.25) is 5.91 Å². The van der Waals surface area contributed by atoms with E-state index in [1.165, 1.54) is 24.8 Å². The zero-order valence-electron chi connectivity index (χ0n) is 24.6. The average Bonchev–Trinajstić information content (AvgIpc) is 3.09. The van der Waals surface area contributed by atoms with Gasteiger partial charge in [0, 0.05) is 16.7 Å². The predicted molar refractivity (Wildman–Crippen MR) is 153 cm³/mol. The van der Waals surface area contributed by atoms with Crippen LogP contribution in [0.2, 0.25) is 0 Å². The van der Waals surface area contributed by atoms with Crippen molar-refractivity contribution < 1.29 is 23.1 Å². The van der Waals surface area contributed by atoms with Crippen LogP contribution in [-0.4, -0.2) is 34.8 Å². The van der Waals surface area contributed by atoms with E-state index in [0.29, 0.717) is 36.3 Å². The number of benzene rings is 2. The molecule has 1 atom stereocenters. The van der Waals surface area contributed by atoms with Crippen LogP contribution in [0.25, 0.3) is 0 Å². The quantitative estimate of drug-likeness (QED) is 0.398. The number of fused-ring (bicyclic) bond motifs is 1. The lowest BCUT2D eigenvalue weighted by Crippen LogP contribution is -2.50. The largest absolute Gasteiger partial charge is 0.494 e. The van der Waals surface area contributed by atoms with Crippen molar-refractivity contribution in [1.82, 2.24) is 10.2 Å². The Balaban J connectivity index is 0.00000216. The zero-order chi connectivity index (χ0) is 29.9. The summed E-state index contributed by atoms with van der Waals surface area (Å²) in [7, 11) is 0. The van der Waals surface area contributed by atoms with Crippen LogP contribution in [0.1, 0.15) is 101 Å². The van der Waals surface area contributed by atoms with E-state index in [2.05, 4.69) is 10.3 Å². The molecule has 0 spiro atoms. The molecule has 0 radical (unpaired) electrons. The molecule has 4 rings (SSSR count). The molecule has 2 aromatic rings. The van der Waals surface area contributed by atoms with Crippen LogP contribution in [0.4, 0.5) is 8.78 Å². The molecular weight excluding hydrogens is 514 g/mol. The number of alkyl halides is 2. The van der Waals surface area contributed by atoms with Gasteiger partial charge in [-0.3, -0.25) is 14.5 Å². The number of nitrogens with one attached hydrogen (secondary N) is 1. The molecule has 0 fully saturated rings. The van der Waals surface area contributed by atoms with Crippen LogP contribution in [0.15, 0.2) is 47.5 Å². The number of carbonyl (C=O) groups is 2. The Hall–Kier alpha value is -3.49. The van der Waals surface area contributed by atoms with Gasteiger partial charge in [-0.2, -0.15) is 0 Å². The van der Waals surface area contributed by atoms with Gasteiger partial charge in [-0.05, 0) is 43.5 Å². The van der Waals surface area contributed by atoms with E-state index >= 15 is 8.78 Å². The van der Waals surface area contributed by atoms with Gasteiger partial charge < -0.3 is 15.8 Å². The number of nitrogens with zero attached hydrogens (tertiary/aromatic N) is 2. The molecule has 9 heteroatoms. The molecule has 1 unspecified atom stereocenters. The number of halogens is 2. The van der Waals surface area contributed by atoms with Crippen molar-refractivity contribution in [3.63, 3.8) is 0 Å². The van der Waals surface area contributed by atoms with Crippen molar-refractivity contribution in [3.05, 3.63) is 64.7 Å². The fourth-order valence-electron chi connectivity index (χ4n) is 5.41. The van der Waals surface area contributed by atoms with Crippen LogP contribution in [-0.2, 0) is 17.3 Å². The Morgan fingerprint density at radius 1 is 1.12 bits per heavy atom. The monoisotopic (exact) mass is 556 g/mol. The molecule has 7 nitrogen and oxygen atoms in total. The van der Waals surface area contributed by atoms with Gasteiger partial charge >= 0.3 is 0 Å². The highest BCUT2D eigenvalue weighted by molar-refractivity contribution is 5.99. The summed E-state index contributed by atoms with van der Waals surface area (Å²) in [6.45, 7) is 13.2. The zero-order valence-corrected chi connectivity index (χ0v) is 24.6. The minimum atomic E-state index is -3.11. The van der Waals surface area contributed by atoms with Gasteiger partial charge in [0.15, 0.2) is 5.96 Å². The summed E-state index contributed by atoms with van der Waals surface area (Å²) < 4.78 is 36.2. The van der Waals surface area contributed by atoms with Gasteiger partial charge in [-0.25, -0.2) is 13.8 Å². The number of hydrogen-bond donors (Lipinski definition) is 2. The third-order valence-corrected chi connectivity index (χ3v) is 8.09. The van der Waals surface area contributed by atoms with E-state index < -0.39 is 28.8 Å². The van der Waals surface area contributed by atoms with Crippen molar-refractivity contribution in [2.24, 2.45) is 16.1 Å². The Bertz CT molecular complexity index is 1270. The van der Waals surface area contributed by atoms with Crippen LogP contribution in [0.5, 0.6) is 5.75 Å². The SMILES string of the molecule is CC.CCOc1ccc(C(=O)NC2c3ccccc3C(F)(F)C2(C)C)cc1CN1C(=O)CC(CC)(CC)N=C1N. The third kappa shape index (κ3) is 5.43. The number of rotatable bonds is 8. The normalized spacial score (nSPS) is 20.1. The van der Waals surface area contributed by atoms with Crippen molar-refractivity contribution in [1.29, 1.82) is 0 Å². The lowest BCUT2D eigenvalue weighted by molar-refractivity contribution is -0.130. The first kappa shape index (κ1) is 31.0. The first-order valence-corrected chi connectivity index (χ1v) is 14.1. The fraction of sp³-hybridized carbons (Fsp3) is 0.516. The molecule has 2 aliphatic rings. The molecule has 218 valence electrons. The Labute approximate surface area is 236 Å². The first-order valence-electron chi connectivity index (χ1n) is 14.1. The van der Waals surface area contributed by atoms with Crippen LogP contribution in [0.3, 0.4) is 0 Å². The smallest absolute Gasteiger partial charge is 0.280 e. The summed E-state index contributed by atoms with van der Waals surface area (Å²) in [6, 6.07) is 10.3. The molecule has 1 aliphatic heterocycles. The van der Waals surface area contributed by atoms with Gasteiger partial charge in [-0.15, -0.1) is 0 Å². The molecular formula is C31H42F2N4O3. The molecule has 3 N–H and O–H groups in total. The standard InChI is InChI=1S/C29H36F2N4O3.C2H6/c1-6-28(7-2)16-23(36)35(26(32)34-28)17-19-15-18(13-14-22(19)38-8-3)25(37)33-24-20-11-9-10-12-21(20)29(30,31)27(24,4)5;1-2/h9-15,24H,6-8,16-17H2,1-5H3,(H2,32,34)(H,33,37);1-2H3. The highest BCUT2D eigenvalue weighted by atomic mass is 19.3. The topological polar surface area (TPSA) is 97.0 Å². The van der Waals surface area contributed by atoms with Crippen molar-refractivity contribution in [3.8, 4) is 5.75 Å². The van der Waals surface area contributed by atoms with E-state index in [9.17, 15) is 9.59 Å². The van der Waals surface area contributed by atoms with Gasteiger partial charge in [0.25, 0.3) is 11.8 Å². The van der Waals surface area contributed by atoms with E-state index in [0.717, 1.165) is 0 Å². The molecule has 0 aromatic heterocycles. The number of ether oxygens (including phenoxy) is 1. The summed E-state index contributed by atoms with van der Waals surface area (Å²) in [5.41, 5.74) is 5.37. The second-order valence-corrected chi connectivity index (χ2v) is 10.6. The summed E-state index contributed by atoms with van der Waals surface area (Å²) in [5.74, 6) is -3.12. The predicted octanol–water partition coefficient (Wildman–Crippen LogP) is 6.32. The van der Waals surface area contributed by atoms with Crippen LogP contribution >= 0.6 is 0 Å². The maximum atomic E-state index is 15.2. The number of nitrogens with two attached hydrogens (primary N) is 1. The lowest BCUT2D eigenvalue weighted by Gasteiger charge is -2.36. The maximum absolute atomic E-state index is 15.2. The molecule has 0 saturated carbocycles.